The second kappa shape index (κ2) is 2.79. The van der Waals surface area contributed by atoms with Crippen LogP contribution in [0, 0.1) is 6.07 Å². The SMILES string of the molecule is [c]1ccc(N2CC=CC2)cc1. The molecule has 1 radical (unpaired) electrons. The van der Waals surface area contributed by atoms with Crippen molar-refractivity contribution in [2.45, 2.75) is 0 Å². The highest BCUT2D eigenvalue weighted by molar-refractivity contribution is 5.48. The van der Waals surface area contributed by atoms with Gasteiger partial charge in [0.2, 0.25) is 0 Å². The maximum absolute atomic E-state index is 3.01. The average Bonchev–Trinajstić information content (AvgIpc) is 2.58. The minimum absolute atomic E-state index is 1.05. The monoisotopic (exact) mass is 144 g/mol. The minimum atomic E-state index is 1.05. The van der Waals surface area contributed by atoms with Crippen molar-refractivity contribution in [3.63, 3.8) is 0 Å². The molecule has 0 aliphatic carbocycles. The molecule has 1 aliphatic rings. The Morgan fingerprint density at radius 1 is 1.09 bits per heavy atom. The molecule has 0 bridgehead atoms. The van der Waals surface area contributed by atoms with Gasteiger partial charge in [0.15, 0.2) is 0 Å². The predicted molar refractivity (Wildman–Crippen MR) is 46.6 cm³/mol. The molecule has 1 nitrogen and oxygen atoms in total. The molecule has 11 heavy (non-hydrogen) atoms. The molecule has 1 heteroatoms. The third-order valence-corrected chi connectivity index (χ3v) is 1.88. The molecule has 1 aliphatic heterocycles. The quantitative estimate of drug-likeness (QED) is 0.544. The van der Waals surface area contributed by atoms with Gasteiger partial charge in [-0.05, 0) is 18.2 Å². The molecular formula is C10H10N. The van der Waals surface area contributed by atoms with Crippen LogP contribution in [0.2, 0.25) is 0 Å². The van der Waals surface area contributed by atoms with Crippen molar-refractivity contribution >= 4 is 5.69 Å². The molecular weight excluding hydrogens is 134 g/mol. The average molecular weight is 144 g/mol. The largest absolute Gasteiger partial charge is 0.364 e. The zero-order valence-electron chi connectivity index (χ0n) is 6.33. The molecule has 1 heterocycles. The first-order chi connectivity index (χ1) is 5.47. The molecule has 0 saturated heterocycles. The molecule has 0 amide bonds. The minimum Gasteiger partial charge on any atom is -0.364 e. The van der Waals surface area contributed by atoms with Crippen LogP contribution in [0.4, 0.5) is 5.69 Å². The van der Waals surface area contributed by atoms with Crippen molar-refractivity contribution in [1.82, 2.24) is 0 Å². The van der Waals surface area contributed by atoms with Crippen LogP contribution in [0.25, 0.3) is 0 Å². The van der Waals surface area contributed by atoms with E-state index in [2.05, 4.69) is 35.3 Å². The molecule has 0 fully saturated rings. The molecule has 0 N–H and O–H groups in total. The van der Waals surface area contributed by atoms with Crippen molar-refractivity contribution in [1.29, 1.82) is 0 Å². The van der Waals surface area contributed by atoms with E-state index in [9.17, 15) is 0 Å². The number of nitrogens with zero attached hydrogens (tertiary/aromatic N) is 1. The van der Waals surface area contributed by atoms with Crippen molar-refractivity contribution in [3.05, 3.63) is 42.5 Å². The smallest absolute Gasteiger partial charge is 0.0372 e. The van der Waals surface area contributed by atoms with Crippen molar-refractivity contribution in [3.8, 4) is 0 Å². The van der Waals surface area contributed by atoms with E-state index in [1.165, 1.54) is 5.69 Å². The lowest BCUT2D eigenvalue weighted by molar-refractivity contribution is 1.01. The highest BCUT2D eigenvalue weighted by Crippen LogP contribution is 2.14. The van der Waals surface area contributed by atoms with Gasteiger partial charge in [-0.3, -0.25) is 0 Å². The summed E-state index contributed by atoms with van der Waals surface area (Å²) in [4.78, 5) is 2.31. The zero-order chi connectivity index (χ0) is 7.52. The first-order valence-electron chi connectivity index (χ1n) is 3.83. The highest BCUT2D eigenvalue weighted by Gasteiger charge is 2.04. The Bertz CT molecular complexity index is 243. The van der Waals surface area contributed by atoms with Crippen LogP contribution >= 0.6 is 0 Å². The van der Waals surface area contributed by atoms with E-state index in [0.29, 0.717) is 0 Å². The van der Waals surface area contributed by atoms with Crippen molar-refractivity contribution in [2.75, 3.05) is 18.0 Å². The number of anilines is 1. The Morgan fingerprint density at radius 2 is 1.73 bits per heavy atom. The molecule has 2 rings (SSSR count). The summed E-state index contributed by atoms with van der Waals surface area (Å²) in [5.74, 6) is 0. The molecule has 1 aromatic carbocycles. The fourth-order valence-electron chi connectivity index (χ4n) is 1.28. The fourth-order valence-corrected chi connectivity index (χ4v) is 1.28. The first-order valence-corrected chi connectivity index (χ1v) is 3.83. The van der Waals surface area contributed by atoms with Gasteiger partial charge in [-0.2, -0.15) is 0 Å². The van der Waals surface area contributed by atoms with Gasteiger partial charge in [0.1, 0.15) is 0 Å². The Balaban J connectivity index is 2.17. The van der Waals surface area contributed by atoms with Crippen LogP contribution < -0.4 is 4.90 Å². The summed E-state index contributed by atoms with van der Waals surface area (Å²) in [6.45, 7) is 2.09. The van der Waals surface area contributed by atoms with Crippen LogP contribution in [-0.2, 0) is 0 Å². The summed E-state index contributed by atoms with van der Waals surface area (Å²) in [6.07, 6.45) is 4.38. The number of benzene rings is 1. The van der Waals surface area contributed by atoms with E-state index in [1.807, 2.05) is 12.1 Å². The van der Waals surface area contributed by atoms with Gasteiger partial charge in [0.25, 0.3) is 0 Å². The summed E-state index contributed by atoms with van der Waals surface area (Å²) < 4.78 is 0. The van der Waals surface area contributed by atoms with Gasteiger partial charge >= 0.3 is 0 Å². The Morgan fingerprint density at radius 3 is 2.36 bits per heavy atom. The summed E-state index contributed by atoms with van der Waals surface area (Å²) in [5, 5.41) is 0. The number of hydrogen-bond acceptors (Lipinski definition) is 1. The van der Waals surface area contributed by atoms with E-state index in [1.54, 1.807) is 0 Å². The van der Waals surface area contributed by atoms with Crippen molar-refractivity contribution in [2.24, 2.45) is 0 Å². The molecule has 55 valence electrons. The van der Waals surface area contributed by atoms with Gasteiger partial charge in [0, 0.05) is 18.8 Å². The molecule has 0 spiro atoms. The lowest BCUT2D eigenvalue weighted by Gasteiger charge is -2.16. The lowest BCUT2D eigenvalue weighted by atomic mass is 10.3. The van der Waals surface area contributed by atoms with E-state index >= 15 is 0 Å². The van der Waals surface area contributed by atoms with E-state index in [-0.39, 0.29) is 0 Å². The standard InChI is InChI=1S/C10H10N/c1-2-6-10(7-3-1)11-8-4-5-9-11/h2-7H,8-9H2. The normalized spacial score (nSPS) is 15.8. The number of hydrogen-bond donors (Lipinski definition) is 0. The molecule has 0 unspecified atom stereocenters. The fraction of sp³-hybridized carbons (Fsp3) is 0.200. The Labute approximate surface area is 67.0 Å². The summed E-state index contributed by atoms with van der Waals surface area (Å²) >= 11 is 0. The van der Waals surface area contributed by atoms with E-state index in [4.69, 9.17) is 0 Å². The second-order valence-corrected chi connectivity index (χ2v) is 2.63. The third kappa shape index (κ3) is 1.27. The topological polar surface area (TPSA) is 3.24 Å². The summed E-state index contributed by atoms with van der Waals surface area (Å²) in [7, 11) is 0. The summed E-state index contributed by atoms with van der Waals surface area (Å²) in [5.41, 5.74) is 1.29. The van der Waals surface area contributed by atoms with Gasteiger partial charge in [-0.1, -0.05) is 24.3 Å². The van der Waals surface area contributed by atoms with Gasteiger partial charge in [-0.25, -0.2) is 0 Å². The maximum Gasteiger partial charge on any atom is 0.0372 e. The molecule has 0 saturated carbocycles. The van der Waals surface area contributed by atoms with Gasteiger partial charge in [0.05, 0.1) is 0 Å². The number of rotatable bonds is 1. The van der Waals surface area contributed by atoms with E-state index in [0.717, 1.165) is 13.1 Å². The zero-order valence-corrected chi connectivity index (χ0v) is 6.33. The van der Waals surface area contributed by atoms with Crippen LogP contribution in [0.5, 0.6) is 0 Å². The van der Waals surface area contributed by atoms with Gasteiger partial charge < -0.3 is 4.90 Å². The summed E-state index contributed by atoms with van der Waals surface area (Å²) in [6, 6.07) is 11.1. The Kier molecular flexibility index (Phi) is 1.64. The Hall–Kier alpha value is -1.24. The van der Waals surface area contributed by atoms with Crippen molar-refractivity contribution < 1.29 is 0 Å². The second-order valence-electron chi connectivity index (χ2n) is 2.63. The van der Waals surface area contributed by atoms with E-state index < -0.39 is 0 Å². The lowest BCUT2D eigenvalue weighted by Crippen LogP contribution is -2.17. The van der Waals surface area contributed by atoms with Crippen LogP contribution in [0.3, 0.4) is 0 Å². The third-order valence-electron chi connectivity index (χ3n) is 1.88. The van der Waals surface area contributed by atoms with Crippen LogP contribution in [0.1, 0.15) is 0 Å². The highest BCUT2D eigenvalue weighted by atomic mass is 15.1. The van der Waals surface area contributed by atoms with Crippen LogP contribution in [-0.4, -0.2) is 13.1 Å². The molecule has 1 aromatic rings. The first kappa shape index (κ1) is 6.47. The molecule has 0 aromatic heterocycles. The van der Waals surface area contributed by atoms with Gasteiger partial charge in [-0.15, -0.1) is 0 Å². The van der Waals surface area contributed by atoms with Crippen LogP contribution in [0.15, 0.2) is 36.4 Å². The maximum atomic E-state index is 3.01. The molecule has 0 atom stereocenters. The predicted octanol–water partition coefficient (Wildman–Crippen LogP) is 1.86.